The van der Waals surface area contributed by atoms with Crippen molar-refractivity contribution in [1.29, 1.82) is 0 Å². The van der Waals surface area contributed by atoms with E-state index in [1.807, 2.05) is 24.8 Å². The predicted molar refractivity (Wildman–Crippen MR) is 143 cm³/mol. The van der Waals surface area contributed by atoms with Gasteiger partial charge in [0, 0.05) is 61.4 Å². The summed E-state index contributed by atoms with van der Waals surface area (Å²) in [6.45, 7) is 9.22. The van der Waals surface area contributed by atoms with Crippen LogP contribution in [0.5, 0.6) is 0 Å². The highest BCUT2D eigenvalue weighted by molar-refractivity contribution is 7.90. The Balaban J connectivity index is 1.40. The highest BCUT2D eigenvalue weighted by Crippen LogP contribution is 2.38. The second-order valence-electron chi connectivity index (χ2n) is 9.90. The fourth-order valence-electron chi connectivity index (χ4n) is 5.02. The van der Waals surface area contributed by atoms with E-state index in [1.165, 1.54) is 6.07 Å². The molecular weight excluding hydrogens is 488 g/mol. The van der Waals surface area contributed by atoms with Gasteiger partial charge in [-0.15, -0.1) is 0 Å². The fraction of sp³-hybridized carbons (Fsp3) is 0.423. The number of pyridine rings is 1. The molecule has 1 N–H and O–H groups in total. The van der Waals surface area contributed by atoms with E-state index >= 15 is 0 Å². The molecule has 3 unspecified atom stereocenters. The van der Waals surface area contributed by atoms with Crippen LogP contribution in [0.15, 0.2) is 48.1 Å². The predicted octanol–water partition coefficient (Wildman–Crippen LogP) is 3.95. The van der Waals surface area contributed by atoms with Crippen LogP contribution in [0.25, 0.3) is 5.65 Å². The highest BCUT2D eigenvalue weighted by atomic mass is 32.2. The van der Waals surface area contributed by atoms with Gasteiger partial charge in [-0.2, -0.15) is 0 Å². The van der Waals surface area contributed by atoms with Crippen molar-refractivity contribution in [2.24, 2.45) is 5.92 Å². The first-order valence-electron chi connectivity index (χ1n) is 12.5. The summed E-state index contributed by atoms with van der Waals surface area (Å²) in [6, 6.07) is 3.49. The SMILES string of the molecule is CCc1cnc(N2CC(C)C(c3cnc4c(Nc5ccc(S(C)(=O)=O)nc5C)nccn34)CC2C)nc1. The van der Waals surface area contributed by atoms with Crippen molar-refractivity contribution >= 4 is 32.9 Å². The van der Waals surface area contributed by atoms with Gasteiger partial charge in [0.05, 0.1) is 11.4 Å². The third-order valence-corrected chi connectivity index (χ3v) is 8.17. The fourth-order valence-corrected chi connectivity index (χ4v) is 5.64. The normalized spacial score (nSPS) is 20.4. The largest absolute Gasteiger partial charge is 0.338 e. The van der Waals surface area contributed by atoms with Crippen LogP contribution in [0.2, 0.25) is 0 Å². The first kappa shape index (κ1) is 25.1. The number of nitrogens with one attached hydrogen (secondary N) is 1. The summed E-state index contributed by atoms with van der Waals surface area (Å²) in [5.74, 6) is 2.05. The summed E-state index contributed by atoms with van der Waals surface area (Å²) in [7, 11) is -3.38. The molecule has 0 spiro atoms. The maximum absolute atomic E-state index is 11.8. The lowest BCUT2D eigenvalue weighted by Crippen LogP contribution is -2.45. The minimum absolute atomic E-state index is 0.0472. The molecule has 37 heavy (non-hydrogen) atoms. The van der Waals surface area contributed by atoms with E-state index in [0.717, 1.165) is 42.8 Å². The lowest BCUT2D eigenvalue weighted by Gasteiger charge is -2.41. The minimum atomic E-state index is -3.38. The maximum Gasteiger partial charge on any atom is 0.225 e. The maximum atomic E-state index is 11.8. The molecule has 0 amide bonds. The van der Waals surface area contributed by atoms with Crippen molar-refractivity contribution in [2.75, 3.05) is 23.0 Å². The Labute approximate surface area is 217 Å². The van der Waals surface area contributed by atoms with E-state index in [2.05, 4.69) is 55.3 Å². The molecule has 0 aromatic carbocycles. The summed E-state index contributed by atoms with van der Waals surface area (Å²) in [6.07, 6.45) is 12.5. The Morgan fingerprint density at radius 1 is 1.08 bits per heavy atom. The average molecular weight is 521 g/mol. The highest BCUT2D eigenvalue weighted by Gasteiger charge is 2.35. The molecule has 1 aliphatic heterocycles. The van der Waals surface area contributed by atoms with E-state index < -0.39 is 9.84 Å². The molecule has 0 radical (unpaired) electrons. The van der Waals surface area contributed by atoms with Crippen LogP contribution >= 0.6 is 0 Å². The lowest BCUT2D eigenvalue weighted by atomic mass is 9.81. The van der Waals surface area contributed by atoms with Crippen LogP contribution in [0.4, 0.5) is 17.5 Å². The van der Waals surface area contributed by atoms with Gasteiger partial charge >= 0.3 is 0 Å². The van der Waals surface area contributed by atoms with Crippen molar-refractivity contribution in [1.82, 2.24) is 29.3 Å². The molecular formula is C26H32N8O2S. The number of piperidine rings is 1. The van der Waals surface area contributed by atoms with Gasteiger partial charge in [0.15, 0.2) is 26.3 Å². The molecule has 0 saturated carbocycles. The molecule has 11 heteroatoms. The van der Waals surface area contributed by atoms with E-state index in [1.54, 1.807) is 19.2 Å². The van der Waals surface area contributed by atoms with Gasteiger partial charge < -0.3 is 10.2 Å². The standard InChI is InChI=1S/C26H32N8O2S/c1-6-19-12-29-26(30-13-19)34-15-16(2)20(11-17(34)3)22-14-28-25-24(27-9-10-33(22)25)32-21-7-8-23(31-18(21)4)37(5,35)36/h7-10,12-14,16-17,20H,6,11,15H2,1-5H3,(H,27,32). The van der Waals surface area contributed by atoms with Gasteiger partial charge in [-0.05, 0) is 50.3 Å². The number of nitrogens with zero attached hydrogens (tertiary/aromatic N) is 7. The summed E-state index contributed by atoms with van der Waals surface area (Å²) in [5, 5.41) is 3.34. The van der Waals surface area contributed by atoms with Crippen LogP contribution in [0.3, 0.4) is 0 Å². The first-order valence-corrected chi connectivity index (χ1v) is 14.4. The van der Waals surface area contributed by atoms with E-state index in [9.17, 15) is 8.42 Å². The summed E-state index contributed by atoms with van der Waals surface area (Å²) < 4.78 is 25.8. The minimum Gasteiger partial charge on any atom is -0.338 e. The number of sulfone groups is 1. The Bertz CT molecular complexity index is 1530. The molecule has 0 bridgehead atoms. The van der Waals surface area contributed by atoms with Crippen LogP contribution in [-0.2, 0) is 16.3 Å². The molecule has 0 aliphatic carbocycles. The Hall–Kier alpha value is -3.60. The summed E-state index contributed by atoms with van der Waals surface area (Å²) >= 11 is 0. The molecule has 4 aromatic heterocycles. The average Bonchev–Trinajstić information content (AvgIpc) is 3.31. The second kappa shape index (κ2) is 9.70. The van der Waals surface area contributed by atoms with E-state index in [4.69, 9.17) is 4.98 Å². The summed E-state index contributed by atoms with van der Waals surface area (Å²) in [5.41, 5.74) is 4.25. The lowest BCUT2D eigenvalue weighted by molar-refractivity contribution is 0.327. The van der Waals surface area contributed by atoms with Crippen molar-refractivity contribution in [2.45, 2.75) is 57.5 Å². The zero-order chi connectivity index (χ0) is 26.3. The zero-order valence-electron chi connectivity index (χ0n) is 21.8. The third kappa shape index (κ3) is 4.87. The third-order valence-electron chi connectivity index (χ3n) is 7.19. The Kier molecular flexibility index (Phi) is 6.57. The van der Waals surface area contributed by atoms with Gasteiger partial charge in [-0.1, -0.05) is 13.8 Å². The van der Waals surface area contributed by atoms with Crippen molar-refractivity contribution in [3.63, 3.8) is 0 Å². The molecule has 1 fully saturated rings. The Morgan fingerprint density at radius 2 is 1.84 bits per heavy atom. The topological polar surface area (TPSA) is 118 Å². The van der Waals surface area contributed by atoms with Gasteiger partial charge in [0.1, 0.15) is 0 Å². The second-order valence-corrected chi connectivity index (χ2v) is 11.9. The van der Waals surface area contributed by atoms with E-state index in [-0.39, 0.29) is 11.1 Å². The number of aryl methyl sites for hydroxylation is 2. The molecule has 5 rings (SSSR count). The van der Waals surface area contributed by atoms with Crippen molar-refractivity contribution in [3.8, 4) is 0 Å². The molecule has 1 saturated heterocycles. The number of hydrogen-bond donors (Lipinski definition) is 1. The number of fused-ring (bicyclic) bond motifs is 1. The molecule has 5 heterocycles. The molecule has 10 nitrogen and oxygen atoms in total. The zero-order valence-corrected chi connectivity index (χ0v) is 22.6. The van der Waals surface area contributed by atoms with Gasteiger partial charge in [-0.3, -0.25) is 4.40 Å². The van der Waals surface area contributed by atoms with Gasteiger partial charge in [-0.25, -0.2) is 33.3 Å². The quantitative estimate of drug-likeness (QED) is 0.403. The monoisotopic (exact) mass is 520 g/mol. The number of anilines is 3. The van der Waals surface area contributed by atoms with Crippen molar-refractivity contribution in [3.05, 3.63) is 60.1 Å². The number of imidazole rings is 1. The summed E-state index contributed by atoms with van der Waals surface area (Å²) in [4.78, 5) is 25.0. The number of rotatable bonds is 6. The molecule has 4 aromatic rings. The smallest absolute Gasteiger partial charge is 0.225 e. The Morgan fingerprint density at radius 3 is 2.51 bits per heavy atom. The molecule has 194 valence electrons. The van der Waals surface area contributed by atoms with Crippen LogP contribution in [0, 0.1) is 12.8 Å². The van der Waals surface area contributed by atoms with E-state index in [0.29, 0.717) is 34.7 Å². The van der Waals surface area contributed by atoms with Gasteiger partial charge in [0.25, 0.3) is 0 Å². The van der Waals surface area contributed by atoms with Crippen LogP contribution in [-0.4, -0.2) is 56.6 Å². The van der Waals surface area contributed by atoms with Gasteiger partial charge in [0.2, 0.25) is 5.95 Å². The number of hydrogen-bond acceptors (Lipinski definition) is 9. The number of aromatic nitrogens is 6. The van der Waals surface area contributed by atoms with Crippen LogP contribution < -0.4 is 10.2 Å². The first-order chi connectivity index (χ1) is 17.7. The van der Waals surface area contributed by atoms with Crippen LogP contribution in [0.1, 0.15) is 50.1 Å². The molecule has 3 atom stereocenters. The molecule has 1 aliphatic rings. The van der Waals surface area contributed by atoms with Crippen molar-refractivity contribution < 1.29 is 8.42 Å².